The number of ketones is 1. The lowest BCUT2D eigenvalue weighted by molar-refractivity contribution is 0.105. The highest BCUT2D eigenvalue weighted by Gasteiger charge is 2.14. The first kappa shape index (κ1) is 18.3. The Kier molecular flexibility index (Phi) is 4.94. The number of rotatable bonds is 4. The molecule has 0 amide bonds. The Morgan fingerprint density at radius 1 is 1.18 bits per heavy atom. The van der Waals surface area contributed by atoms with Crippen molar-refractivity contribution in [3.63, 3.8) is 0 Å². The molecule has 0 unspecified atom stereocenters. The van der Waals surface area contributed by atoms with E-state index in [1.807, 2.05) is 30.3 Å². The first-order valence-electron chi connectivity index (χ1n) is 8.49. The molecular formula is C22H14ClNO3S. The van der Waals surface area contributed by atoms with E-state index < -0.39 is 0 Å². The third-order valence-corrected chi connectivity index (χ3v) is 5.67. The van der Waals surface area contributed by atoms with Gasteiger partial charge in [-0.1, -0.05) is 41.9 Å². The van der Waals surface area contributed by atoms with Crippen molar-refractivity contribution in [1.82, 2.24) is 4.98 Å². The molecule has 0 radical (unpaired) electrons. The van der Waals surface area contributed by atoms with Crippen LogP contribution in [0.1, 0.15) is 20.9 Å². The molecule has 0 bridgehead atoms. The molecule has 0 spiro atoms. The number of aryl methyl sites for hydroxylation is 1. The smallest absolute Gasteiger partial charge is 0.199 e. The largest absolute Gasteiger partial charge is 0.463 e. The van der Waals surface area contributed by atoms with Gasteiger partial charge in [-0.25, -0.2) is 4.98 Å². The lowest BCUT2D eigenvalue weighted by atomic mass is 10.1. The highest BCUT2D eigenvalue weighted by molar-refractivity contribution is 7.17. The number of nitrogens with zero attached hydrogens (tertiary/aromatic N) is 1. The average molecular weight is 408 g/mol. The van der Waals surface area contributed by atoms with Crippen molar-refractivity contribution < 1.29 is 9.21 Å². The van der Waals surface area contributed by atoms with Crippen LogP contribution in [0.2, 0.25) is 5.02 Å². The Morgan fingerprint density at radius 2 is 1.96 bits per heavy atom. The van der Waals surface area contributed by atoms with Crippen molar-refractivity contribution >= 4 is 45.8 Å². The fraction of sp³-hybridized carbons (Fsp3) is 0.0455. The highest BCUT2D eigenvalue weighted by Crippen LogP contribution is 2.28. The van der Waals surface area contributed by atoms with Crippen molar-refractivity contribution in [3.05, 3.63) is 92.3 Å². The number of aromatic nitrogens is 1. The van der Waals surface area contributed by atoms with E-state index in [9.17, 15) is 9.59 Å². The SMILES string of the molecule is Cc1nc(-c2ccccc2)sc1C(=O)/C=C/c1coc2ccc(Cl)cc2c1=O. The molecule has 2 heterocycles. The lowest BCUT2D eigenvalue weighted by Crippen LogP contribution is -2.05. The molecule has 4 aromatic rings. The van der Waals surface area contributed by atoms with Gasteiger partial charge in [0, 0.05) is 10.6 Å². The zero-order chi connectivity index (χ0) is 19.7. The number of hydrogen-bond acceptors (Lipinski definition) is 5. The van der Waals surface area contributed by atoms with E-state index in [4.69, 9.17) is 16.0 Å². The highest BCUT2D eigenvalue weighted by atomic mass is 35.5. The lowest BCUT2D eigenvalue weighted by Gasteiger charge is -1.99. The van der Waals surface area contributed by atoms with Crippen LogP contribution >= 0.6 is 22.9 Å². The van der Waals surface area contributed by atoms with E-state index in [1.54, 1.807) is 25.1 Å². The van der Waals surface area contributed by atoms with Crippen LogP contribution in [0.5, 0.6) is 0 Å². The minimum atomic E-state index is -0.237. The van der Waals surface area contributed by atoms with Gasteiger partial charge in [0.2, 0.25) is 0 Å². The second kappa shape index (κ2) is 7.54. The quantitative estimate of drug-likeness (QED) is 0.318. The number of thiazole rings is 1. The summed E-state index contributed by atoms with van der Waals surface area (Å²) in [5.41, 5.74) is 2.12. The molecule has 4 nitrogen and oxygen atoms in total. The Bertz CT molecular complexity index is 1270. The van der Waals surface area contributed by atoms with Gasteiger partial charge in [-0.3, -0.25) is 9.59 Å². The van der Waals surface area contributed by atoms with Gasteiger partial charge < -0.3 is 4.42 Å². The number of carbonyl (C=O) groups is 1. The normalized spacial score (nSPS) is 11.4. The van der Waals surface area contributed by atoms with Gasteiger partial charge in [0.15, 0.2) is 11.2 Å². The summed E-state index contributed by atoms with van der Waals surface area (Å²) in [4.78, 5) is 30.3. The third kappa shape index (κ3) is 3.54. The van der Waals surface area contributed by atoms with Crippen LogP contribution in [-0.4, -0.2) is 10.8 Å². The maximum Gasteiger partial charge on any atom is 0.199 e. The van der Waals surface area contributed by atoms with E-state index in [1.165, 1.54) is 29.8 Å². The monoisotopic (exact) mass is 407 g/mol. The Morgan fingerprint density at radius 3 is 2.75 bits per heavy atom. The molecule has 2 aromatic heterocycles. The topological polar surface area (TPSA) is 60.2 Å². The molecule has 0 fully saturated rings. The van der Waals surface area contributed by atoms with Crippen LogP contribution < -0.4 is 5.43 Å². The molecule has 0 aliphatic carbocycles. The predicted octanol–water partition coefficient (Wildman–Crippen LogP) is 5.77. The first-order chi connectivity index (χ1) is 13.5. The van der Waals surface area contributed by atoms with Crippen LogP contribution in [0.25, 0.3) is 27.6 Å². The van der Waals surface area contributed by atoms with Gasteiger partial charge in [0.05, 0.1) is 21.5 Å². The van der Waals surface area contributed by atoms with Crippen LogP contribution in [0, 0.1) is 6.92 Å². The minimum absolute atomic E-state index is 0.206. The molecule has 0 N–H and O–H groups in total. The molecule has 138 valence electrons. The molecule has 4 rings (SSSR count). The van der Waals surface area contributed by atoms with Gasteiger partial charge in [0.1, 0.15) is 16.9 Å². The summed E-state index contributed by atoms with van der Waals surface area (Å²) in [7, 11) is 0. The summed E-state index contributed by atoms with van der Waals surface area (Å²) in [5, 5.41) is 1.61. The van der Waals surface area contributed by atoms with E-state index in [-0.39, 0.29) is 16.8 Å². The maximum absolute atomic E-state index is 12.6. The number of fused-ring (bicyclic) bond motifs is 1. The standard InChI is InChI=1S/C22H14ClNO3S/c1-13-21(28-22(24-13)14-5-3-2-4-6-14)18(25)9-7-15-12-27-19-10-8-16(23)11-17(19)20(15)26/h2-12H,1H3/b9-7+. The van der Waals surface area contributed by atoms with Crippen LogP contribution in [0.4, 0.5) is 0 Å². The molecule has 0 aliphatic heterocycles. The van der Waals surface area contributed by atoms with E-state index in [0.717, 1.165) is 10.6 Å². The van der Waals surface area contributed by atoms with Crippen molar-refractivity contribution in [2.45, 2.75) is 6.92 Å². The first-order valence-corrected chi connectivity index (χ1v) is 9.69. The summed E-state index contributed by atoms with van der Waals surface area (Å²) in [5.74, 6) is -0.206. The van der Waals surface area contributed by atoms with Crippen molar-refractivity contribution in [2.24, 2.45) is 0 Å². The Hall–Kier alpha value is -3.02. The fourth-order valence-electron chi connectivity index (χ4n) is 2.80. The predicted molar refractivity (Wildman–Crippen MR) is 113 cm³/mol. The van der Waals surface area contributed by atoms with E-state index in [0.29, 0.717) is 26.6 Å². The summed E-state index contributed by atoms with van der Waals surface area (Å²) in [6.07, 6.45) is 4.19. The van der Waals surface area contributed by atoms with Crippen molar-refractivity contribution in [1.29, 1.82) is 0 Å². The van der Waals surface area contributed by atoms with Gasteiger partial charge >= 0.3 is 0 Å². The molecule has 0 atom stereocenters. The summed E-state index contributed by atoms with van der Waals surface area (Å²) < 4.78 is 5.47. The third-order valence-electron chi connectivity index (χ3n) is 4.22. The van der Waals surface area contributed by atoms with Crippen LogP contribution in [0.3, 0.4) is 0 Å². The zero-order valence-corrected chi connectivity index (χ0v) is 16.4. The molecule has 6 heteroatoms. The van der Waals surface area contributed by atoms with Gasteiger partial charge in [-0.05, 0) is 37.3 Å². The molecule has 0 saturated heterocycles. The summed E-state index contributed by atoms with van der Waals surface area (Å²) >= 11 is 7.30. The summed E-state index contributed by atoms with van der Waals surface area (Å²) in [6, 6.07) is 14.5. The number of carbonyl (C=O) groups excluding carboxylic acids is 1. The number of halogens is 1. The molecular weight excluding hydrogens is 394 g/mol. The van der Waals surface area contributed by atoms with Crippen LogP contribution in [0.15, 0.2) is 70.1 Å². The van der Waals surface area contributed by atoms with Gasteiger partial charge in [0.25, 0.3) is 0 Å². The maximum atomic E-state index is 12.6. The second-order valence-corrected chi connectivity index (χ2v) is 7.59. The Balaban J connectivity index is 1.65. The second-order valence-electron chi connectivity index (χ2n) is 6.16. The van der Waals surface area contributed by atoms with Crippen molar-refractivity contribution in [2.75, 3.05) is 0 Å². The average Bonchev–Trinajstić information content (AvgIpc) is 3.10. The summed E-state index contributed by atoms with van der Waals surface area (Å²) in [6.45, 7) is 1.80. The number of allylic oxidation sites excluding steroid dienone is 1. The molecule has 0 saturated carbocycles. The number of benzene rings is 2. The van der Waals surface area contributed by atoms with Gasteiger partial charge in [-0.2, -0.15) is 0 Å². The fourth-order valence-corrected chi connectivity index (χ4v) is 3.97. The van der Waals surface area contributed by atoms with Crippen LogP contribution in [-0.2, 0) is 0 Å². The molecule has 2 aromatic carbocycles. The molecule has 0 aliphatic rings. The van der Waals surface area contributed by atoms with Crippen molar-refractivity contribution in [3.8, 4) is 10.6 Å². The van der Waals surface area contributed by atoms with E-state index in [2.05, 4.69) is 4.98 Å². The Labute approximate surface area is 169 Å². The van der Waals surface area contributed by atoms with E-state index >= 15 is 0 Å². The van der Waals surface area contributed by atoms with Gasteiger partial charge in [-0.15, -0.1) is 11.3 Å². The number of hydrogen-bond donors (Lipinski definition) is 0. The minimum Gasteiger partial charge on any atom is -0.463 e. The zero-order valence-electron chi connectivity index (χ0n) is 14.8. The molecule has 28 heavy (non-hydrogen) atoms.